The second kappa shape index (κ2) is 3.82. The molecule has 0 aromatic rings. The maximum absolute atomic E-state index is 10.6. The van der Waals surface area contributed by atoms with Gasteiger partial charge >= 0.3 is 104 Å². The SMILES string of the molecule is O=C1[CH]([Na])S(=O)(=O)[N-][N+]1=O.[Na+]. The molecule has 11 heavy (non-hydrogen) atoms. The molecule has 1 heterocycles. The number of nitrogens with zero attached hydrogens (tertiary/aromatic N) is 2. The summed E-state index contributed by atoms with van der Waals surface area (Å²) in [5, 5.41) is 0. The molecule has 1 atom stereocenters. The third kappa shape index (κ3) is 2.24. The van der Waals surface area contributed by atoms with E-state index >= 15 is 0 Å². The van der Waals surface area contributed by atoms with Crippen molar-refractivity contribution in [3.8, 4) is 0 Å². The van der Waals surface area contributed by atoms with Gasteiger partial charge in [-0.15, -0.1) is 0 Å². The molecule has 0 radical (unpaired) electrons. The molecule has 0 aromatic heterocycles. The van der Waals surface area contributed by atoms with E-state index in [0.29, 0.717) is 0 Å². The zero-order valence-corrected chi connectivity index (χ0v) is 10.8. The van der Waals surface area contributed by atoms with Gasteiger partial charge in [-0.3, -0.25) is 0 Å². The van der Waals surface area contributed by atoms with Crippen molar-refractivity contribution < 1.29 is 47.6 Å². The molecule has 6 nitrogen and oxygen atoms in total. The Hall–Kier alpha value is 1.02. The Labute approximate surface area is 102 Å². The van der Waals surface area contributed by atoms with E-state index in [1.165, 1.54) is 0 Å². The first-order chi connectivity index (χ1) is 4.45. The monoisotopic (exact) mass is 195 g/mol. The number of amides is 1. The van der Waals surface area contributed by atoms with E-state index in [4.69, 9.17) is 0 Å². The van der Waals surface area contributed by atoms with Gasteiger partial charge in [-0.2, -0.15) is 0 Å². The fraction of sp³-hybridized carbons (Fsp3) is 0.500. The number of sulfonamides is 1. The van der Waals surface area contributed by atoms with Gasteiger partial charge in [0, 0.05) is 0 Å². The van der Waals surface area contributed by atoms with Gasteiger partial charge in [0.15, 0.2) is 0 Å². The summed E-state index contributed by atoms with van der Waals surface area (Å²) in [6.45, 7) is 0. The van der Waals surface area contributed by atoms with Crippen LogP contribution in [0.3, 0.4) is 0 Å². The number of rotatable bonds is 0. The number of hydrogen-bond donors (Lipinski definition) is 0. The van der Waals surface area contributed by atoms with Gasteiger partial charge in [-0.25, -0.2) is 0 Å². The van der Waals surface area contributed by atoms with Crippen LogP contribution < -0.4 is 29.6 Å². The third-order valence-electron chi connectivity index (χ3n) is 1.17. The van der Waals surface area contributed by atoms with Crippen molar-refractivity contribution in [1.29, 1.82) is 0 Å². The van der Waals surface area contributed by atoms with Gasteiger partial charge in [0.1, 0.15) is 0 Å². The average molecular weight is 195 g/mol. The molecule has 1 rings (SSSR count). The van der Waals surface area contributed by atoms with Crippen LogP contribution in [0.2, 0.25) is 0 Å². The summed E-state index contributed by atoms with van der Waals surface area (Å²) < 4.78 is 20.0. The molecule has 9 heteroatoms. The molecule has 0 aliphatic carbocycles. The molecule has 1 saturated heterocycles. The van der Waals surface area contributed by atoms with Crippen molar-refractivity contribution in [2.45, 2.75) is 2.50 Å². The largest absolute Gasteiger partial charge is 1.00 e. The summed E-state index contributed by atoms with van der Waals surface area (Å²) in [7, 11) is -3.77. The zero-order valence-electron chi connectivity index (χ0n) is 6.01. The minimum Gasteiger partial charge on any atom is 1.00 e. The van der Waals surface area contributed by atoms with Gasteiger partial charge < -0.3 is 0 Å². The van der Waals surface area contributed by atoms with Crippen LogP contribution in [0.4, 0.5) is 0 Å². The fourth-order valence-electron chi connectivity index (χ4n) is 0.497. The number of carbonyl (C=O) groups excluding carboxylic acids is 1. The van der Waals surface area contributed by atoms with E-state index in [9.17, 15) is 18.1 Å². The summed E-state index contributed by atoms with van der Waals surface area (Å²) in [4.78, 5) is 23.0. The van der Waals surface area contributed by atoms with E-state index in [2.05, 4.69) is 4.83 Å². The number of carbonyl (C=O) groups is 1. The molecule has 1 aliphatic heterocycles. The molecule has 0 spiro atoms. The molecule has 0 aromatic carbocycles. The number of hydrogen-bond acceptors (Lipinski definition) is 4. The van der Waals surface area contributed by atoms with Crippen LogP contribution in [-0.2, 0) is 14.8 Å². The summed E-state index contributed by atoms with van der Waals surface area (Å²) in [6.07, 6.45) is 0. The second-order valence-electron chi connectivity index (χ2n) is 1.85. The molecule has 50 valence electrons. The average Bonchev–Trinajstić information content (AvgIpc) is 1.95. The van der Waals surface area contributed by atoms with Gasteiger partial charge in [0.25, 0.3) is 0 Å². The maximum atomic E-state index is 10.6. The summed E-state index contributed by atoms with van der Waals surface area (Å²) in [5.41, 5.74) is 0. The van der Waals surface area contributed by atoms with Crippen molar-refractivity contribution in [2.75, 3.05) is 0 Å². The summed E-state index contributed by atoms with van der Waals surface area (Å²) >= 11 is 0.110. The van der Waals surface area contributed by atoms with Gasteiger partial charge in [-0.05, 0) is 0 Å². The van der Waals surface area contributed by atoms with Crippen LogP contribution in [0.15, 0.2) is 0 Å². The van der Waals surface area contributed by atoms with Crippen molar-refractivity contribution in [3.05, 3.63) is 9.74 Å². The Morgan fingerprint density at radius 2 is 2.00 bits per heavy atom. The Bertz CT molecular complexity index is 297. The number of nitroso groups, excluding NO2 is 1. The van der Waals surface area contributed by atoms with E-state index < -0.39 is 18.4 Å². The standard InChI is InChI=1S/C2HN2O4S.2Na/c5-2-1-9(7,8)3-4(2)6;;/h1H;;/q;;+1. The van der Waals surface area contributed by atoms with E-state index in [1.54, 1.807) is 0 Å². The Morgan fingerprint density at radius 1 is 1.55 bits per heavy atom. The van der Waals surface area contributed by atoms with Crippen LogP contribution in [0.5, 0.6) is 0 Å². The second-order valence-corrected chi connectivity index (χ2v) is 5.74. The topological polar surface area (TPSA) is 85.4 Å². The Kier molecular flexibility index (Phi) is 4.17. The predicted octanol–water partition coefficient (Wildman–Crippen LogP) is -4.58. The maximum Gasteiger partial charge on any atom is 1.00 e. The van der Waals surface area contributed by atoms with Crippen molar-refractivity contribution in [2.24, 2.45) is 0 Å². The molecule has 1 aliphatic rings. The normalized spacial score (nSPS) is 27.6. The molecule has 0 bridgehead atoms. The first kappa shape index (κ1) is 12.0. The van der Waals surface area contributed by atoms with Gasteiger partial charge in [0.05, 0.1) is 0 Å². The van der Waals surface area contributed by atoms with Gasteiger partial charge in [0.2, 0.25) is 0 Å². The summed E-state index contributed by atoms with van der Waals surface area (Å²) in [5.74, 6) is -0.966. The molecule has 0 saturated carbocycles. The molecule has 1 amide bonds. The van der Waals surface area contributed by atoms with E-state index in [-0.39, 0.29) is 62.4 Å². The molecular formula is C2HN2Na2O4S+. The summed E-state index contributed by atoms with van der Waals surface area (Å²) in [6, 6.07) is 0. The first-order valence-corrected chi connectivity index (χ1v) is 5.09. The van der Waals surface area contributed by atoms with Gasteiger partial charge in [-0.1, -0.05) is 0 Å². The Morgan fingerprint density at radius 3 is 2.09 bits per heavy atom. The molecule has 1 unspecified atom stereocenters. The van der Waals surface area contributed by atoms with Crippen molar-refractivity contribution in [1.82, 2.24) is 0 Å². The zero-order chi connectivity index (χ0) is 7.94. The van der Waals surface area contributed by atoms with Crippen LogP contribution in [-0.4, -0.2) is 49.6 Å². The minimum absolute atomic E-state index is 0. The predicted molar refractivity (Wildman–Crippen MR) is 30.5 cm³/mol. The molecular weight excluding hydrogens is 194 g/mol. The van der Waals surface area contributed by atoms with E-state index in [0.717, 1.165) is 0 Å². The van der Waals surface area contributed by atoms with Crippen LogP contribution >= 0.6 is 0 Å². The molecule has 1 fully saturated rings. The third-order valence-corrected chi connectivity index (χ3v) is 4.92. The smallest absolute Gasteiger partial charge is 1.00 e. The van der Waals surface area contributed by atoms with E-state index in [1.807, 2.05) is 0 Å². The fourth-order valence-corrected chi connectivity index (χ4v) is 1.77. The Balaban J connectivity index is 0.000001000. The minimum atomic E-state index is -3.77. The first-order valence-electron chi connectivity index (χ1n) is 2.43. The van der Waals surface area contributed by atoms with Crippen LogP contribution in [0.1, 0.15) is 0 Å². The quantitative estimate of drug-likeness (QED) is 0.287. The van der Waals surface area contributed by atoms with Crippen LogP contribution in [0, 0.1) is 4.91 Å². The van der Waals surface area contributed by atoms with Crippen molar-refractivity contribution >= 4 is 43.9 Å². The molecule has 0 N–H and O–H groups in total. The van der Waals surface area contributed by atoms with Crippen molar-refractivity contribution in [3.63, 3.8) is 0 Å². The van der Waals surface area contributed by atoms with Crippen LogP contribution in [0.25, 0.3) is 4.83 Å².